The summed E-state index contributed by atoms with van der Waals surface area (Å²) >= 11 is 0. The molecular weight excluding hydrogens is 212 g/mol. The van der Waals surface area contributed by atoms with Gasteiger partial charge in [0, 0.05) is 13.0 Å². The third-order valence-corrected chi connectivity index (χ3v) is 1.90. The molecule has 0 spiro atoms. The van der Waals surface area contributed by atoms with Crippen molar-refractivity contribution in [2.24, 2.45) is 0 Å². The van der Waals surface area contributed by atoms with Crippen LogP contribution in [0.4, 0.5) is 4.79 Å². The van der Waals surface area contributed by atoms with Crippen LogP contribution in [0.15, 0.2) is 0 Å². The van der Waals surface area contributed by atoms with Crippen LogP contribution in [0.3, 0.4) is 0 Å². The smallest absolute Gasteiger partial charge is 0.332 e. The van der Waals surface area contributed by atoms with Gasteiger partial charge >= 0.3 is 12.0 Å². The number of rotatable bonds is 6. The molecule has 90 valence electrons. The summed E-state index contributed by atoms with van der Waals surface area (Å²) in [5.41, 5.74) is 0. The summed E-state index contributed by atoms with van der Waals surface area (Å²) in [5, 5.41) is 22.2. The lowest BCUT2D eigenvalue weighted by Gasteiger charge is -2.12. The highest BCUT2D eigenvalue weighted by Crippen LogP contribution is 1.90. The van der Waals surface area contributed by atoms with E-state index in [2.05, 4.69) is 16.6 Å². The predicted octanol–water partition coefficient (Wildman–Crippen LogP) is -0.467. The molecule has 0 aliphatic carbocycles. The Balaban J connectivity index is 3.75. The van der Waals surface area contributed by atoms with Crippen LogP contribution in [0.1, 0.15) is 19.8 Å². The highest BCUT2D eigenvalue weighted by Gasteiger charge is 2.13. The molecular formula is C10H16N2O4. The molecule has 0 fully saturated rings. The van der Waals surface area contributed by atoms with Crippen LogP contribution in [-0.2, 0) is 4.79 Å². The molecule has 16 heavy (non-hydrogen) atoms. The number of hydrogen-bond donors (Lipinski definition) is 4. The minimum atomic E-state index is -1.46. The van der Waals surface area contributed by atoms with Crippen molar-refractivity contribution in [3.8, 4) is 12.3 Å². The number of nitrogens with one attached hydrogen (secondary N) is 2. The Kier molecular flexibility index (Phi) is 6.72. The number of urea groups is 1. The van der Waals surface area contributed by atoms with Gasteiger partial charge < -0.3 is 20.8 Å². The molecule has 0 radical (unpaired) electrons. The van der Waals surface area contributed by atoms with Gasteiger partial charge in [-0.05, 0) is 6.42 Å². The van der Waals surface area contributed by atoms with Crippen LogP contribution >= 0.6 is 0 Å². The molecule has 2 atom stereocenters. The zero-order valence-corrected chi connectivity index (χ0v) is 9.06. The maximum atomic E-state index is 11.2. The van der Waals surface area contributed by atoms with Gasteiger partial charge in [-0.15, -0.1) is 6.42 Å². The lowest BCUT2D eigenvalue weighted by atomic mass is 10.2. The van der Waals surface area contributed by atoms with Gasteiger partial charge in [-0.1, -0.05) is 12.8 Å². The third kappa shape index (κ3) is 5.88. The van der Waals surface area contributed by atoms with Gasteiger partial charge in [0.05, 0.1) is 6.04 Å². The minimum Gasteiger partial charge on any atom is -0.479 e. The molecule has 0 heterocycles. The second-order valence-electron chi connectivity index (χ2n) is 3.17. The average Bonchev–Trinajstić information content (AvgIpc) is 2.25. The number of terminal acetylenes is 1. The Morgan fingerprint density at radius 2 is 2.12 bits per heavy atom. The number of carbonyl (C=O) groups is 2. The van der Waals surface area contributed by atoms with Gasteiger partial charge in [-0.25, -0.2) is 9.59 Å². The van der Waals surface area contributed by atoms with E-state index < -0.39 is 18.1 Å². The second kappa shape index (κ2) is 7.54. The number of hydrogen-bond acceptors (Lipinski definition) is 3. The minimum absolute atomic E-state index is 0.0460. The Labute approximate surface area is 94.0 Å². The van der Waals surface area contributed by atoms with Crippen LogP contribution in [0.2, 0.25) is 0 Å². The predicted molar refractivity (Wildman–Crippen MR) is 57.7 cm³/mol. The molecule has 0 aromatic carbocycles. The van der Waals surface area contributed by atoms with Gasteiger partial charge in [0.1, 0.15) is 0 Å². The van der Waals surface area contributed by atoms with Crippen LogP contribution < -0.4 is 10.6 Å². The van der Waals surface area contributed by atoms with Gasteiger partial charge in [0.25, 0.3) is 0 Å². The molecule has 2 unspecified atom stereocenters. The second-order valence-corrected chi connectivity index (χ2v) is 3.17. The van der Waals surface area contributed by atoms with E-state index in [-0.39, 0.29) is 19.0 Å². The van der Waals surface area contributed by atoms with E-state index in [0.717, 1.165) is 0 Å². The number of carboxylic acids is 1. The quantitative estimate of drug-likeness (QED) is 0.462. The molecule has 0 saturated heterocycles. The number of aliphatic carboxylic acids is 1. The Bertz CT molecular complexity index is 285. The van der Waals surface area contributed by atoms with Crippen molar-refractivity contribution < 1.29 is 19.8 Å². The lowest BCUT2D eigenvalue weighted by molar-refractivity contribution is -0.146. The van der Waals surface area contributed by atoms with E-state index in [1.807, 2.05) is 6.92 Å². The first-order valence-corrected chi connectivity index (χ1v) is 4.92. The fourth-order valence-corrected chi connectivity index (χ4v) is 0.917. The van der Waals surface area contributed by atoms with Crippen molar-refractivity contribution in [3.63, 3.8) is 0 Å². The van der Waals surface area contributed by atoms with Crippen molar-refractivity contribution in [2.45, 2.75) is 31.9 Å². The molecule has 6 heteroatoms. The zero-order chi connectivity index (χ0) is 12.6. The Morgan fingerprint density at radius 3 is 2.56 bits per heavy atom. The highest BCUT2D eigenvalue weighted by atomic mass is 16.4. The van der Waals surface area contributed by atoms with Crippen molar-refractivity contribution in [2.75, 3.05) is 6.54 Å². The van der Waals surface area contributed by atoms with Crippen molar-refractivity contribution in [1.29, 1.82) is 0 Å². The van der Waals surface area contributed by atoms with E-state index >= 15 is 0 Å². The fourth-order valence-electron chi connectivity index (χ4n) is 0.917. The number of carbonyl (C=O) groups excluding carboxylic acids is 1. The number of amides is 2. The molecule has 0 saturated carbocycles. The van der Waals surface area contributed by atoms with Crippen LogP contribution in [0, 0.1) is 12.3 Å². The number of aliphatic hydroxyl groups excluding tert-OH is 1. The zero-order valence-electron chi connectivity index (χ0n) is 9.06. The van der Waals surface area contributed by atoms with Crippen molar-refractivity contribution >= 4 is 12.0 Å². The summed E-state index contributed by atoms with van der Waals surface area (Å²) in [5.74, 6) is 1.08. The molecule has 0 aromatic rings. The average molecular weight is 228 g/mol. The standard InChI is InChI=1S/C10H16N2O4/c1-3-7(4-2)12-10(16)11-6-5-8(13)9(14)15/h1,7-8,13H,4-6H2,2H3,(H,14,15)(H2,11,12,16). The normalized spacial score (nSPS) is 13.3. The molecule has 2 amide bonds. The van der Waals surface area contributed by atoms with E-state index in [1.54, 1.807) is 0 Å². The monoisotopic (exact) mass is 228 g/mol. The van der Waals surface area contributed by atoms with E-state index in [0.29, 0.717) is 6.42 Å². The van der Waals surface area contributed by atoms with Gasteiger partial charge in [0.2, 0.25) is 0 Å². The molecule has 0 rings (SSSR count). The summed E-state index contributed by atoms with van der Waals surface area (Å²) in [4.78, 5) is 21.4. The molecule has 0 bridgehead atoms. The first-order valence-electron chi connectivity index (χ1n) is 4.92. The summed E-state index contributed by atoms with van der Waals surface area (Å²) in [6.07, 6.45) is 4.24. The summed E-state index contributed by atoms with van der Waals surface area (Å²) in [6, 6.07) is -0.813. The molecule has 0 aliphatic rings. The van der Waals surface area contributed by atoms with Crippen LogP contribution in [-0.4, -0.2) is 40.9 Å². The van der Waals surface area contributed by atoms with Crippen molar-refractivity contribution in [1.82, 2.24) is 10.6 Å². The van der Waals surface area contributed by atoms with E-state index in [1.165, 1.54) is 0 Å². The maximum Gasteiger partial charge on any atom is 0.332 e. The third-order valence-electron chi connectivity index (χ3n) is 1.90. The van der Waals surface area contributed by atoms with Crippen LogP contribution in [0.5, 0.6) is 0 Å². The Morgan fingerprint density at radius 1 is 1.50 bits per heavy atom. The summed E-state index contributed by atoms with van der Waals surface area (Å²) < 4.78 is 0. The molecule has 4 N–H and O–H groups in total. The topological polar surface area (TPSA) is 98.7 Å². The first-order chi connectivity index (χ1) is 7.51. The maximum absolute atomic E-state index is 11.2. The van der Waals surface area contributed by atoms with Gasteiger partial charge in [-0.2, -0.15) is 0 Å². The first kappa shape index (κ1) is 14.3. The SMILES string of the molecule is C#CC(CC)NC(=O)NCCC(O)C(=O)O. The lowest BCUT2D eigenvalue weighted by Crippen LogP contribution is -2.42. The van der Waals surface area contributed by atoms with Gasteiger partial charge in [0.15, 0.2) is 6.10 Å². The molecule has 0 aliphatic heterocycles. The summed E-state index contributed by atoms with van der Waals surface area (Å²) in [6.45, 7) is 1.90. The van der Waals surface area contributed by atoms with Crippen molar-refractivity contribution in [3.05, 3.63) is 0 Å². The van der Waals surface area contributed by atoms with Crippen LogP contribution in [0.25, 0.3) is 0 Å². The molecule has 6 nitrogen and oxygen atoms in total. The van der Waals surface area contributed by atoms with E-state index in [4.69, 9.17) is 16.6 Å². The number of aliphatic hydroxyl groups is 1. The Hall–Kier alpha value is -1.74. The van der Waals surface area contributed by atoms with E-state index in [9.17, 15) is 9.59 Å². The number of carboxylic acid groups (broad SMARTS) is 1. The fraction of sp³-hybridized carbons (Fsp3) is 0.600. The highest BCUT2D eigenvalue weighted by molar-refractivity contribution is 5.75. The van der Waals surface area contributed by atoms with Gasteiger partial charge in [-0.3, -0.25) is 0 Å². The summed E-state index contributed by atoms with van der Waals surface area (Å²) in [7, 11) is 0. The largest absolute Gasteiger partial charge is 0.479 e. The molecule has 0 aromatic heterocycles.